The molecule has 1 amide bonds. The van der Waals surface area contributed by atoms with Crippen molar-refractivity contribution in [3.8, 4) is 0 Å². The monoisotopic (exact) mass is 217 g/mol. The molecule has 60 valence electrons. The van der Waals surface area contributed by atoms with Crippen molar-refractivity contribution < 1.29 is 9.21 Å². The van der Waals surface area contributed by atoms with E-state index in [4.69, 9.17) is 4.42 Å². The second-order valence-electron chi connectivity index (χ2n) is 2.30. The molecular formula is C7H8BrNO2. The summed E-state index contributed by atoms with van der Waals surface area (Å²) in [7, 11) is 3.36. The number of halogens is 1. The number of carbonyl (C=O) groups is 1. The van der Waals surface area contributed by atoms with Gasteiger partial charge in [-0.25, -0.2) is 0 Å². The zero-order chi connectivity index (χ0) is 8.43. The van der Waals surface area contributed by atoms with E-state index in [9.17, 15) is 4.79 Å². The van der Waals surface area contributed by atoms with Crippen molar-refractivity contribution in [2.45, 2.75) is 0 Å². The standard InChI is InChI=1S/C7H8BrNO2/c1-9(2)7(10)5-3-4-6(8)11-5/h3-4H,1-2H3. The molecule has 0 unspecified atom stereocenters. The zero-order valence-electron chi connectivity index (χ0n) is 6.30. The molecule has 0 atom stereocenters. The number of amides is 1. The molecule has 1 aromatic rings. The van der Waals surface area contributed by atoms with Crippen molar-refractivity contribution in [3.63, 3.8) is 0 Å². The quantitative estimate of drug-likeness (QED) is 0.719. The minimum Gasteiger partial charge on any atom is -0.444 e. The van der Waals surface area contributed by atoms with Gasteiger partial charge >= 0.3 is 0 Å². The summed E-state index contributed by atoms with van der Waals surface area (Å²) in [6, 6.07) is 3.32. The third kappa shape index (κ3) is 1.83. The van der Waals surface area contributed by atoms with Crippen LogP contribution < -0.4 is 0 Å². The van der Waals surface area contributed by atoms with Gasteiger partial charge in [0.25, 0.3) is 5.91 Å². The lowest BCUT2D eigenvalue weighted by Gasteiger charge is -2.06. The lowest BCUT2D eigenvalue weighted by molar-refractivity contribution is 0.0795. The largest absolute Gasteiger partial charge is 0.444 e. The zero-order valence-corrected chi connectivity index (χ0v) is 7.88. The van der Waals surface area contributed by atoms with Gasteiger partial charge in [0, 0.05) is 14.1 Å². The predicted molar refractivity (Wildman–Crippen MR) is 44.4 cm³/mol. The van der Waals surface area contributed by atoms with Gasteiger partial charge < -0.3 is 9.32 Å². The number of rotatable bonds is 1. The van der Waals surface area contributed by atoms with E-state index in [-0.39, 0.29) is 5.91 Å². The summed E-state index contributed by atoms with van der Waals surface area (Å²) >= 11 is 3.11. The third-order valence-electron chi connectivity index (χ3n) is 1.19. The molecule has 1 rings (SSSR count). The molecule has 1 heterocycles. The maximum Gasteiger partial charge on any atom is 0.289 e. The van der Waals surface area contributed by atoms with Gasteiger partial charge in [0.1, 0.15) is 0 Å². The molecule has 0 saturated heterocycles. The van der Waals surface area contributed by atoms with Crippen LogP contribution in [0.5, 0.6) is 0 Å². The van der Waals surface area contributed by atoms with Gasteiger partial charge in [0.15, 0.2) is 10.4 Å². The Hall–Kier alpha value is -0.770. The van der Waals surface area contributed by atoms with Crippen LogP contribution >= 0.6 is 15.9 Å². The molecule has 0 aliphatic heterocycles. The van der Waals surface area contributed by atoms with E-state index in [1.165, 1.54) is 4.90 Å². The van der Waals surface area contributed by atoms with E-state index in [0.29, 0.717) is 10.4 Å². The number of hydrogen-bond donors (Lipinski definition) is 0. The summed E-state index contributed by atoms with van der Waals surface area (Å²) in [6.07, 6.45) is 0. The second kappa shape index (κ2) is 3.09. The van der Waals surface area contributed by atoms with Crippen molar-refractivity contribution in [3.05, 3.63) is 22.6 Å². The molecular weight excluding hydrogens is 210 g/mol. The van der Waals surface area contributed by atoms with Gasteiger partial charge in [0.2, 0.25) is 0 Å². The molecule has 0 aliphatic rings. The Morgan fingerprint density at radius 2 is 2.18 bits per heavy atom. The van der Waals surface area contributed by atoms with Crippen molar-refractivity contribution >= 4 is 21.8 Å². The van der Waals surface area contributed by atoms with Gasteiger partial charge in [-0.15, -0.1) is 0 Å². The Bertz CT molecular complexity index is 267. The summed E-state index contributed by atoms with van der Waals surface area (Å²) in [5, 5.41) is 0. The van der Waals surface area contributed by atoms with Gasteiger partial charge in [-0.05, 0) is 28.1 Å². The summed E-state index contributed by atoms with van der Waals surface area (Å²) in [5.74, 6) is 0.220. The van der Waals surface area contributed by atoms with Crippen LogP contribution in [-0.4, -0.2) is 24.9 Å². The Kier molecular flexibility index (Phi) is 2.34. The van der Waals surface area contributed by atoms with Gasteiger partial charge in [-0.1, -0.05) is 0 Å². The smallest absolute Gasteiger partial charge is 0.289 e. The van der Waals surface area contributed by atoms with Crippen molar-refractivity contribution in [1.82, 2.24) is 4.90 Å². The maximum absolute atomic E-state index is 11.2. The van der Waals surface area contributed by atoms with E-state index in [2.05, 4.69) is 15.9 Å². The van der Waals surface area contributed by atoms with Crippen LogP contribution in [-0.2, 0) is 0 Å². The van der Waals surface area contributed by atoms with Gasteiger partial charge in [-0.2, -0.15) is 0 Å². The van der Waals surface area contributed by atoms with E-state index in [0.717, 1.165) is 0 Å². The minimum atomic E-state index is -0.129. The summed E-state index contributed by atoms with van der Waals surface area (Å²) in [5.41, 5.74) is 0. The van der Waals surface area contributed by atoms with Crippen LogP contribution in [0.1, 0.15) is 10.6 Å². The molecule has 3 nitrogen and oxygen atoms in total. The van der Waals surface area contributed by atoms with Gasteiger partial charge in [0.05, 0.1) is 0 Å². The van der Waals surface area contributed by atoms with E-state index in [1.54, 1.807) is 26.2 Å². The van der Waals surface area contributed by atoms with E-state index >= 15 is 0 Å². The lowest BCUT2D eigenvalue weighted by atomic mass is 10.4. The summed E-state index contributed by atoms with van der Waals surface area (Å²) in [4.78, 5) is 12.6. The van der Waals surface area contributed by atoms with Crippen LogP contribution in [0.25, 0.3) is 0 Å². The van der Waals surface area contributed by atoms with Crippen molar-refractivity contribution in [2.75, 3.05) is 14.1 Å². The Morgan fingerprint density at radius 1 is 1.55 bits per heavy atom. The molecule has 0 aromatic carbocycles. The van der Waals surface area contributed by atoms with Gasteiger partial charge in [-0.3, -0.25) is 4.79 Å². The highest BCUT2D eigenvalue weighted by Crippen LogP contribution is 2.14. The fourth-order valence-corrected chi connectivity index (χ4v) is 0.956. The molecule has 4 heteroatoms. The third-order valence-corrected chi connectivity index (χ3v) is 1.62. The number of nitrogens with zero attached hydrogens (tertiary/aromatic N) is 1. The molecule has 11 heavy (non-hydrogen) atoms. The SMILES string of the molecule is CN(C)C(=O)c1ccc(Br)o1. The van der Waals surface area contributed by atoms with Crippen molar-refractivity contribution in [1.29, 1.82) is 0 Å². The Morgan fingerprint density at radius 3 is 2.55 bits per heavy atom. The Balaban J connectivity index is 2.85. The molecule has 0 radical (unpaired) electrons. The first kappa shape index (κ1) is 8.33. The van der Waals surface area contributed by atoms with E-state index < -0.39 is 0 Å². The average molecular weight is 218 g/mol. The van der Waals surface area contributed by atoms with Crippen LogP contribution in [0.2, 0.25) is 0 Å². The molecule has 0 N–H and O–H groups in total. The minimum absolute atomic E-state index is 0.129. The maximum atomic E-state index is 11.2. The number of hydrogen-bond acceptors (Lipinski definition) is 2. The first-order valence-electron chi connectivity index (χ1n) is 3.08. The molecule has 0 saturated carbocycles. The van der Waals surface area contributed by atoms with Crippen LogP contribution in [0.15, 0.2) is 21.2 Å². The highest BCUT2D eigenvalue weighted by Gasteiger charge is 2.11. The highest BCUT2D eigenvalue weighted by atomic mass is 79.9. The van der Waals surface area contributed by atoms with Crippen LogP contribution in [0.4, 0.5) is 0 Å². The summed E-state index contributed by atoms with van der Waals surface area (Å²) < 4.78 is 5.60. The first-order valence-corrected chi connectivity index (χ1v) is 3.87. The van der Waals surface area contributed by atoms with Crippen molar-refractivity contribution in [2.24, 2.45) is 0 Å². The molecule has 0 spiro atoms. The van der Waals surface area contributed by atoms with Crippen LogP contribution in [0.3, 0.4) is 0 Å². The average Bonchev–Trinajstić information content (AvgIpc) is 2.34. The van der Waals surface area contributed by atoms with E-state index in [1.807, 2.05) is 0 Å². The number of furan rings is 1. The fraction of sp³-hybridized carbons (Fsp3) is 0.286. The fourth-order valence-electron chi connectivity index (χ4n) is 0.650. The molecule has 0 bridgehead atoms. The molecule has 1 aromatic heterocycles. The first-order chi connectivity index (χ1) is 5.11. The predicted octanol–water partition coefficient (Wildman–Crippen LogP) is 1.74. The summed E-state index contributed by atoms with van der Waals surface area (Å²) in [6.45, 7) is 0. The molecule has 0 fully saturated rings. The highest BCUT2D eigenvalue weighted by molar-refractivity contribution is 9.10. The topological polar surface area (TPSA) is 33.5 Å². The molecule has 0 aliphatic carbocycles. The normalized spacial score (nSPS) is 9.73. The lowest BCUT2D eigenvalue weighted by Crippen LogP contribution is -2.20. The number of carbonyl (C=O) groups excluding carboxylic acids is 1. The second-order valence-corrected chi connectivity index (χ2v) is 3.08. The van der Waals surface area contributed by atoms with Crippen LogP contribution in [0, 0.1) is 0 Å². The Labute approximate surface area is 73.1 Å².